The molecule has 0 aromatic heterocycles. The minimum atomic E-state index is -0.906. The van der Waals surface area contributed by atoms with Gasteiger partial charge in [-0.25, -0.2) is 0 Å². The van der Waals surface area contributed by atoms with Crippen LogP contribution in [0.2, 0.25) is 0 Å². The number of ketones is 2. The van der Waals surface area contributed by atoms with Gasteiger partial charge in [0.15, 0.2) is 11.6 Å². The van der Waals surface area contributed by atoms with Crippen LogP contribution >= 0.6 is 0 Å². The van der Waals surface area contributed by atoms with Gasteiger partial charge in [0.05, 0.1) is 23.7 Å². The second-order valence-electron chi connectivity index (χ2n) is 5.76. The summed E-state index contributed by atoms with van der Waals surface area (Å²) in [4.78, 5) is 37.3. The molecule has 1 aliphatic carbocycles. The molecule has 0 spiro atoms. The van der Waals surface area contributed by atoms with Crippen LogP contribution in [0.5, 0.6) is 11.5 Å². The Labute approximate surface area is 143 Å². The van der Waals surface area contributed by atoms with Gasteiger partial charge in [-0.1, -0.05) is 24.3 Å². The van der Waals surface area contributed by atoms with Crippen LogP contribution in [-0.4, -0.2) is 34.4 Å². The van der Waals surface area contributed by atoms with Crippen LogP contribution in [0.15, 0.2) is 30.3 Å². The summed E-state index contributed by atoms with van der Waals surface area (Å²) in [6.07, 6.45) is 0. The Hall–Kier alpha value is -3.15. The average molecular weight is 340 g/mol. The molecule has 2 N–H and O–H groups in total. The topological polar surface area (TPSA) is 101 Å². The predicted octanol–water partition coefficient (Wildman–Crippen LogP) is 2.54. The Morgan fingerprint density at radius 2 is 1.64 bits per heavy atom. The lowest BCUT2D eigenvalue weighted by atomic mass is 9.81. The van der Waals surface area contributed by atoms with Crippen molar-refractivity contribution in [1.29, 1.82) is 0 Å². The summed E-state index contributed by atoms with van der Waals surface area (Å²) in [5.74, 6) is -3.57. The summed E-state index contributed by atoms with van der Waals surface area (Å²) >= 11 is 0. The van der Waals surface area contributed by atoms with E-state index in [2.05, 4.69) is 0 Å². The average Bonchev–Trinajstić information content (AvgIpc) is 2.60. The maximum Gasteiger partial charge on any atom is 0.313 e. The molecule has 0 bridgehead atoms. The largest absolute Gasteiger partial charge is 0.507 e. The van der Waals surface area contributed by atoms with Crippen molar-refractivity contribution in [2.45, 2.75) is 19.8 Å². The minimum absolute atomic E-state index is 0.0373. The maximum absolute atomic E-state index is 12.8. The van der Waals surface area contributed by atoms with Crippen molar-refractivity contribution in [3.63, 3.8) is 0 Å². The van der Waals surface area contributed by atoms with Crippen LogP contribution in [0.1, 0.15) is 57.2 Å². The van der Waals surface area contributed by atoms with E-state index in [-0.39, 0.29) is 34.4 Å². The molecule has 6 heteroatoms. The minimum Gasteiger partial charge on any atom is -0.507 e. The highest BCUT2D eigenvalue weighted by molar-refractivity contribution is 6.30. The molecule has 6 nitrogen and oxygen atoms in total. The number of fused-ring (bicyclic) bond motifs is 2. The molecule has 25 heavy (non-hydrogen) atoms. The molecule has 0 saturated heterocycles. The van der Waals surface area contributed by atoms with Gasteiger partial charge in [-0.2, -0.15) is 0 Å². The van der Waals surface area contributed by atoms with E-state index in [1.807, 2.05) is 0 Å². The Kier molecular flexibility index (Phi) is 4.04. The zero-order valence-corrected chi connectivity index (χ0v) is 13.7. The van der Waals surface area contributed by atoms with Crippen molar-refractivity contribution < 1.29 is 29.3 Å². The van der Waals surface area contributed by atoms with Gasteiger partial charge < -0.3 is 14.9 Å². The Bertz CT molecular complexity index is 912. The zero-order chi connectivity index (χ0) is 18.3. The summed E-state index contributed by atoms with van der Waals surface area (Å²) in [6.45, 7) is 3.29. The third-order valence-corrected chi connectivity index (χ3v) is 4.29. The molecule has 0 heterocycles. The van der Waals surface area contributed by atoms with Crippen LogP contribution in [0.3, 0.4) is 0 Å². The number of carbonyl (C=O) groups excluding carboxylic acids is 3. The Morgan fingerprint density at radius 3 is 2.20 bits per heavy atom. The molecule has 1 aliphatic rings. The monoisotopic (exact) mass is 340 g/mol. The van der Waals surface area contributed by atoms with E-state index in [1.54, 1.807) is 19.1 Å². The van der Waals surface area contributed by atoms with Gasteiger partial charge in [0.2, 0.25) is 0 Å². The van der Waals surface area contributed by atoms with Crippen molar-refractivity contribution in [3.8, 4) is 11.5 Å². The Balaban J connectivity index is 2.22. The molecule has 0 radical (unpaired) electrons. The molecular weight excluding hydrogens is 324 g/mol. The molecule has 1 atom stereocenters. The molecule has 3 rings (SSSR count). The van der Waals surface area contributed by atoms with Gasteiger partial charge in [0.1, 0.15) is 11.5 Å². The summed E-state index contributed by atoms with van der Waals surface area (Å²) in [7, 11) is 0. The Morgan fingerprint density at radius 1 is 1.08 bits per heavy atom. The number of hydrogen-bond acceptors (Lipinski definition) is 6. The smallest absolute Gasteiger partial charge is 0.313 e. The second-order valence-corrected chi connectivity index (χ2v) is 5.76. The quantitative estimate of drug-likeness (QED) is 0.561. The highest BCUT2D eigenvalue weighted by Gasteiger charge is 2.37. The van der Waals surface area contributed by atoms with E-state index >= 15 is 0 Å². The zero-order valence-electron chi connectivity index (χ0n) is 13.7. The van der Waals surface area contributed by atoms with E-state index in [4.69, 9.17) is 4.74 Å². The molecule has 2 aromatic carbocycles. The number of esters is 1. The summed E-state index contributed by atoms with van der Waals surface area (Å²) in [5, 5.41) is 20.9. The van der Waals surface area contributed by atoms with Crippen LogP contribution in [0.4, 0.5) is 0 Å². The van der Waals surface area contributed by atoms with E-state index in [9.17, 15) is 24.6 Å². The first-order chi connectivity index (χ1) is 11.9. The molecule has 0 saturated carbocycles. The fourth-order valence-electron chi connectivity index (χ4n) is 3.00. The lowest BCUT2D eigenvalue weighted by Crippen LogP contribution is -2.22. The third kappa shape index (κ3) is 2.46. The van der Waals surface area contributed by atoms with Crippen molar-refractivity contribution >= 4 is 17.5 Å². The van der Waals surface area contributed by atoms with Crippen molar-refractivity contribution in [1.82, 2.24) is 0 Å². The van der Waals surface area contributed by atoms with Crippen LogP contribution < -0.4 is 0 Å². The van der Waals surface area contributed by atoms with E-state index < -0.39 is 35.0 Å². The number of hydrogen-bond donors (Lipinski definition) is 2. The SMILES string of the molecule is CCOC(=O)C(C)c1cc(O)c2c(c1O)C(=O)c1ccccc1C2=O. The first-order valence-corrected chi connectivity index (χ1v) is 7.82. The fourth-order valence-corrected chi connectivity index (χ4v) is 3.00. The molecule has 128 valence electrons. The number of phenols is 2. The maximum atomic E-state index is 12.8. The van der Waals surface area contributed by atoms with Crippen molar-refractivity contribution in [3.05, 3.63) is 58.1 Å². The lowest BCUT2D eigenvalue weighted by Gasteiger charge is -2.22. The van der Waals surface area contributed by atoms with Gasteiger partial charge >= 0.3 is 5.97 Å². The first kappa shape index (κ1) is 16.7. The van der Waals surface area contributed by atoms with Gasteiger partial charge in [0, 0.05) is 16.7 Å². The lowest BCUT2D eigenvalue weighted by molar-refractivity contribution is -0.144. The van der Waals surface area contributed by atoms with E-state index in [0.717, 1.165) is 6.07 Å². The van der Waals surface area contributed by atoms with E-state index in [1.165, 1.54) is 19.1 Å². The van der Waals surface area contributed by atoms with Crippen molar-refractivity contribution in [2.24, 2.45) is 0 Å². The number of rotatable bonds is 3. The third-order valence-electron chi connectivity index (χ3n) is 4.29. The van der Waals surface area contributed by atoms with Crippen LogP contribution in [0, 0.1) is 0 Å². The van der Waals surface area contributed by atoms with Gasteiger partial charge in [-0.3, -0.25) is 14.4 Å². The molecule has 2 aromatic rings. The number of ether oxygens (including phenoxy) is 1. The summed E-state index contributed by atoms with van der Waals surface area (Å²) in [5.41, 5.74) is -0.178. The summed E-state index contributed by atoms with van der Waals surface area (Å²) < 4.78 is 4.92. The molecule has 0 aliphatic heterocycles. The standard InChI is InChI=1S/C19H16O6/c1-3-25-19(24)9(2)12-8-13(20)14-15(18(12)23)17(22)11-7-5-4-6-10(11)16(14)21/h4-9,20,23H,3H2,1-2H3. The fraction of sp³-hybridized carbons (Fsp3) is 0.211. The summed E-state index contributed by atoms with van der Waals surface area (Å²) in [6, 6.07) is 7.33. The number of carbonyl (C=O) groups is 3. The second kappa shape index (κ2) is 6.05. The van der Waals surface area contributed by atoms with Crippen LogP contribution in [0.25, 0.3) is 0 Å². The normalized spacial score (nSPS) is 13.8. The highest BCUT2D eigenvalue weighted by Crippen LogP contribution is 2.42. The van der Waals surface area contributed by atoms with Gasteiger partial charge in [0.25, 0.3) is 0 Å². The molecular formula is C19H16O6. The van der Waals surface area contributed by atoms with Crippen LogP contribution in [-0.2, 0) is 9.53 Å². The molecule has 0 fully saturated rings. The first-order valence-electron chi connectivity index (χ1n) is 7.82. The van der Waals surface area contributed by atoms with Gasteiger partial charge in [-0.15, -0.1) is 0 Å². The number of benzene rings is 2. The number of aromatic hydroxyl groups is 2. The van der Waals surface area contributed by atoms with Gasteiger partial charge in [-0.05, 0) is 19.9 Å². The van der Waals surface area contributed by atoms with E-state index in [0.29, 0.717) is 0 Å². The molecule has 0 amide bonds. The number of phenolic OH excluding ortho intramolecular Hbond substituents is 2. The van der Waals surface area contributed by atoms with Crippen molar-refractivity contribution in [2.75, 3.05) is 6.61 Å². The highest BCUT2D eigenvalue weighted by atomic mass is 16.5. The predicted molar refractivity (Wildman–Crippen MR) is 88.1 cm³/mol. The molecule has 1 unspecified atom stereocenters.